The van der Waals surface area contributed by atoms with E-state index in [1.54, 1.807) is 14.2 Å². The fraction of sp³-hybridized carbons (Fsp3) is 0.500. The molecule has 1 aromatic rings. The molecular weight excluding hydrogens is 228 g/mol. The van der Waals surface area contributed by atoms with Gasteiger partial charge in [-0.15, -0.1) is 0 Å². The largest absolute Gasteiger partial charge is 0.495 e. The minimum absolute atomic E-state index is 0.159. The Morgan fingerprint density at radius 3 is 2.38 bits per heavy atom. The van der Waals surface area contributed by atoms with Gasteiger partial charge in [0.25, 0.3) is 0 Å². The van der Waals surface area contributed by atoms with Crippen LogP contribution in [-0.2, 0) is 6.42 Å². The maximum Gasteiger partial charge on any atom is 0.144 e. The van der Waals surface area contributed by atoms with Crippen LogP contribution in [0.5, 0.6) is 11.5 Å². The molecule has 3 nitrogen and oxygen atoms in total. The lowest BCUT2D eigenvalue weighted by molar-refractivity contribution is 0.287. The molecule has 0 amide bonds. The van der Waals surface area contributed by atoms with Gasteiger partial charge in [0.15, 0.2) is 0 Å². The van der Waals surface area contributed by atoms with Gasteiger partial charge < -0.3 is 14.6 Å². The summed E-state index contributed by atoms with van der Waals surface area (Å²) in [6.45, 7) is 2.10. The summed E-state index contributed by atoms with van der Waals surface area (Å²) >= 11 is 6.19. The first-order chi connectivity index (χ1) is 7.65. The van der Waals surface area contributed by atoms with Crippen LogP contribution in [0.3, 0.4) is 0 Å². The molecule has 16 heavy (non-hydrogen) atoms. The lowest BCUT2D eigenvalue weighted by Gasteiger charge is -2.15. The highest BCUT2D eigenvalue weighted by Crippen LogP contribution is 2.39. The van der Waals surface area contributed by atoms with Crippen LogP contribution < -0.4 is 9.47 Å². The summed E-state index contributed by atoms with van der Waals surface area (Å²) in [7, 11) is 3.17. The molecule has 90 valence electrons. The molecule has 0 aliphatic rings. The number of ether oxygens (including phenoxy) is 2. The molecule has 1 aromatic carbocycles. The summed E-state index contributed by atoms with van der Waals surface area (Å²) in [5.41, 5.74) is 1.97. The summed E-state index contributed by atoms with van der Waals surface area (Å²) in [4.78, 5) is 0. The van der Waals surface area contributed by atoms with Crippen LogP contribution in [0.25, 0.3) is 0 Å². The zero-order valence-corrected chi connectivity index (χ0v) is 10.6. The average Bonchev–Trinajstić information content (AvgIpc) is 2.26. The zero-order valence-electron chi connectivity index (χ0n) is 9.84. The first-order valence-corrected chi connectivity index (χ1v) is 5.54. The van der Waals surface area contributed by atoms with E-state index in [-0.39, 0.29) is 6.61 Å². The summed E-state index contributed by atoms with van der Waals surface area (Å²) in [6, 6.07) is 1.99. The second-order valence-electron chi connectivity index (χ2n) is 3.56. The molecule has 4 heteroatoms. The zero-order chi connectivity index (χ0) is 12.1. The van der Waals surface area contributed by atoms with Gasteiger partial charge in [0.1, 0.15) is 16.5 Å². The Bertz CT molecular complexity index is 364. The van der Waals surface area contributed by atoms with Crippen LogP contribution in [0.15, 0.2) is 6.07 Å². The molecule has 0 unspecified atom stereocenters. The fourth-order valence-corrected chi connectivity index (χ4v) is 2.16. The number of aliphatic hydroxyl groups excluding tert-OH is 1. The highest BCUT2D eigenvalue weighted by Gasteiger charge is 2.15. The molecule has 0 radical (unpaired) electrons. The van der Waals surface area contributed by atoms with Crippen LogP contribution in [0.4, 0.5) is 0 Å². The van der Waals surface area contributed by atoms with Crippen molar-refractivity contribution in [1.29, 1.82) is 0 Å². The van der Waals surface area contributed by atoms with Crippen molar-refractivity contribution in [2.75, 3.05) is 20.8 Å². The molecule has 0 saturated carbocycles. The Balaban J connectivity index is 3.18. The van der Waals surface area contributed by atoms with Crippen molar-refractivity contribution in [1.82, 2.24) is 0 Å². The molecule has 1 rings (SSSR count). The second kappa shape index (κ2) is 5.97. The Kier molecular flexibility index (Phi) is 4.90. The summed E-state index contributed by atoms with van der Waals surface area (Å²) < 4.78 is 10.5. The van der Waals surface area contributed by atoms with Crippen LogP contribution in [-0.4, -0.2) is 25.9 Å². The number of aliphatic hydroxyl groups is 1. The van der Waals surface area contributed by atoms with Gasteiger partial charge in [-0.3, -0.25) is 0 Å². The van der Waals surface area contributed by atoms with Crippen molar-refractivity contribution in [2.24, 2.45) is 0 Å². The fourth-order valence-electron chi connectivity index (χ4n) is 1.74. The third kappa shape index (κ3) is 2.60. The predicted octanol–water partition coefficient (Wildman–Crippen LogP) is 2.59. The van der Waals surface area contributed by atoms with Crippen molar-refractivity contribution in [3.8, 4) is 11.5 Å². The van der Waals surface area contributed by atoms with Crippen molar-refractivity contribution in [2.45, 2.75) is 19.8 Å². The number of hydrogen-bond donors (Lipinski definition) is 1. The van der Waals surface area contributed by atoms with Crippen LogP contribution in [0.2, 0.25) is 5.02 Å². The Labute approximate surface area is 101 Å². The smallest absolute Gasteiger partial charge is 0.144 e. The standard InChI is InChI=1S/C12H17ClO3/c1-8-7-9(5-4-6-14)12(16-3)10(13)11(8)15-2/h7,14H,4-6H2,1-3H3. The van der Waals surface area contributed by atoms with Gasteiger partial charge in [0.05, 0.1) is 14.2 Å². The normalized spacial score (nSPS) is 10.3. The van der Waals surface area contributed by atoms with Crippen LogP contribution in [0, 0.1) is 6.92 Å². The number of rotatable bonds is 5. The molecule has 0 heterocycles. The summed E-state index contributed by atoms with van der Waals surface area (Å²) in [5.74, 6) is 1.28. The molecule has 0 aliphatic heterocycles. The highest BCUT2D eigenvalue weighted by molar-refractivity contribution is 6.33. The van der Waals surface area contributed by atoms with Crippen molar-refractivity contribution in [3.05, 3.63) is 22.2 Å². The Morgan fingerprint density at radius 1 is 1.25 bits per heavy atom. The van der Waals surface area contributed by atoms with E-state index < -0.39 is 0 Å². The van der Waals surface area contributed by atoms with E-state index in [9.17, 15) is 0 Å². The van der Waals surface area contributed by atoms with Crippen LogP contribution >= 0.6 is 11.6 Å². The van der Waals surface area contributed by atoms with Crippen LogP contribution in [0.1, 0.15) is 17.5 Å². The molecule has 0 bridgehead atoms. The third-order valence-corrected chi connectivity index (χ3v) is 2.80. The maximum absolute atomic E-state index is 8.83. The number of benzene rings is 1. The molecule has 0 aromatic heterocycles. The van der Waals surface area contributed by atoms with Gasteiger partial charge in [-0.1, -0.05) is 11.6 Å². The topological polar surface area (TPSA) is 38.7 Å². The second-order valence-corrected chi connectivity index (χ2v) is 3.94. The van der Waals surface area contributed by atoms with Gasteiger partial charge >= 0.3 is 0 Å². The molecule has 0 atom stereocenters. The van der Waals surface area contributed by atoms with E-state index in [1.807, 2.05) is 13.0 Å². The number of aryl methyl sites for hydroxylation is 2. The molecule has 0 aliphatic carbocycles. The Hall–Kier alpha value is -0.930. The number of halogens is 1. The van der Waals surface area contributed by atoms with E-state index in [0.717, 1.165) is 17.5 Å². The van der Waals surface area contributed by atoms with Crippen molar-refractivity contribution >= 4 is 11.6 Å². The number of methoxy groups -OCH3 is 2. The minimum Gasteiger partial charge on any atom is -0.495 e. The van der Waals surface area contributed by atoms with Gasteiger partial charge in [0.2, 0.25) is 0 Å². The average molecular weight is 245 g/mol. The highest BCUT2D eigenvalue weighted by atomic mass is 35.5. The summed E-state index contributed by atoms with van der Waals surface area (Å²) in [5, 5.41) is 9.33. The minimum atomic E-state index is 0.159. The van der Waals surface area contributed by atoms with Gasteiger partial charge in [-0.2, -0.15) is 0 Å². The lowest BCUT2D eigenvalue weighted by Crippen LogP contribution is -1.99. The first kappa shape index (κ1) is 13.1. The molecule has 0 saturated heterocycles. The van der Waals surface area contributed by atoms with Crippen molar-refractivity contribution < 1.29 is 14.6 Å². The molecule has 0 fully saturated rings. The van der Waals surface area contributed by atoms with Crippen molar-refractivity contribution in [3.63, 3.8) is 0 Å². The third-order valence-electron chi connectivity index (χ3n) is 2.45. The van der Waals surface area contributed by atoms with Gasteiger partial charge in [-0.05, 0) is 37.0 Å². The van der Waals surface area contributed by atoms with E-state index in [1.165, 1.54) is 0 Å². The molecule has 0 spiro atoms. The Morgan fingerprint density at radius 2 is 1.88 bits per heavy atom. The molecule has 1 N–H and O–H groups in total. The lowest BCUT2D eigenvalue weighted by atomic mass is 10.0. The van der Waals surface area contributed by atoms with Gasteiger partial charge in [0, 0.05) is 6.61 Å². The summed E-state index contributed by atoms with van der Waals surface area (Å²) in [6.07, 6.45) is 1.43. The maximum atomic E-state index is 8.83. The van der Waals surface area contributed by atoms with E-state index in [0.29, 0.717) is 22.9 Å². The first-order valence-electron chi connectivity index (χ1n) is 5.16. The van der Waals surface area contributed by atoms with E-state index >= 15 is 0 Å². The molecular formula is C12H17ClO3. The van der Waals surface area contributed by atoms with E-state index in [4.69, 9.17) is 26.2 Å². The number of hydrogen-bond acceptors (Lipinski definition) is 3. The van der Waals surface area contributed by atoms with E-state index in [2.05, 4.69) is 0 Å². The van der Waals surface area contributed by atoms with Gasteiger partial charge in [-0.25, -0.2) is 0 Å². The monoisotopic (exact) mass is 244 g/mol. The quantitative estimate of drug-likeness (QED) is 0.865. The SMILES string of the molecule is COc1c(C)cc(CCCO)c(OC)c1Cl. The predicted molar refractivity (Wildman–Crippen MR) is 64.7 cm³/mol.